The van der Waals surface area contributed by atoms with Gasteiger partial charge in [-0.15, -0.1) is 0 Å². The molecule has 0 heterocycles. The third-order valence-electron chi connectivity index (χ3n) is 2.79. The minimum Gasteiger partial charge on any atom is -0.464 e. The van der Waals surface area contributed by atoms with Crippen molar-refractivity contribution in [2.24, 2.45) is 5.92 Å². The Morgan fingerprint density at radius 2 is 2.16 bits per heavy atom. The molecule has 106 valence electrons. The highest BCUT2D eigenvalue weighted by Gasteiger charge is 2.35. The molecule has 0 aliphatic rings. The lowest BCUT2D eigenvalue weighted by Gasteiger charge is -2.31. The predicted octanol–water partition coefficient (Wildman–Crippen LogP) is 3.61. The number of benzene rings is 1. The molecule has 1 N–H and O–H groups in total. The van der Waals surface area contributed by atoms with E-state index in [0.29, 0.717) is 24.6 Å². The van der Waals surface area contributed by atoms with Crippen LogP contribution in [0.3, 0.4) is 0 Å². The molecule has 1 unspecified atom stereocenters. The van der Waals surface area contributed by atoms with Crippen LogP contribution >= 0.6 is 0 Å². The molecular weight excluding hydrogens is 245 g/mol. The van der Waals surface area contributed by atoms with Crippen molar-refractivity contribution in [1.82, 2.24) is 0 Å². The Kier molecular flexibility index (Phi) is 5.33. The van der Waals surface area contributed by atoms with E-state index in [1.165, 1.54) is 12.1 Å². The van der Waals surface area contributed by atoms with Crippen LogP contribution < -0.4 is 5.32 Å². The number of hydrogen-bond acceptors (Lipinski definition) is 3. The van der Waals surface area contributed by atoms with Crippen LogP contribution in [-0.2, 0) is 9.53 Å². The molecule has 0 aliphatic carbocycles. The summed E-state index contributed by atoms with van der Waals surface area (Å²) < 4.78 is 18.3. The van der Waals surface area contributed by atoms with Crippen LogP contribution in [0.2, 0.25) is 0 Å². The number of hydrogen-bond donors (Lipinski definition) is 1. The monoisotopic (exact) mass is 267 g/mol. The summed E-state index contributed by atoms with van der Waals surface area (Å²) in [5.74, 6) is -0.329. The third kappa shape index (κ3) is 4.54. The van der Waals surface area contributed by atoms with Gasteiger partial charge in [-0.1, -0.05) is 19.9 Å². The van der Waals surface area contributed by atoms with Crippen molar-refractivity contribution in [1.29, 1.82) is 0 Å². The van der Waals surface area contributed by atoms with Crippen molar-refractivity contribution in [3.8, 4) is 0 Å². The number of anilines is 1. The minimum atomic E-state index is -0.849. The fraction of sp³-hybridized carbons (Fsp3) is 0.533. The van der Waals surface area contributed by atoms with Crippen molar-refractivity contribution in [2.45, 2.75) is 39.7 Å². The molecule has 0 aliphatic heterocycles. The van der Waals surface area contributed by atoms with Crippen LogP contribution in [-0.4, -0.2) is 18.1 Å². The normalized spacial score (nSPS) is 14.0. The van der Waals surface area contributed by atoms with E-state index in [4.69, 9.17) is 4.74 Å². The maximum atomic E-state index is 13.2. The van der Waals surface area contributed by atoms with Crippen LogP contribution in [0.15, 0.2) is 24.3 Å². The molecule has 3 nitrogen and oxygen atoms in total. The highest BCUT2D eigenvalue weighted by molar-refractivity contribution is 5.84. The van der Waals surface area contributed by atoms with Crippen molar-refractivity contribution >= 4 is 11.7 Å². The van der Waals surface area contributed by atoms with Gasteiger partial charge in [0.2, 0.25) is 0 Å². The van der Waals surface area contributed by atoms with Gasteiger partial charge in [0, 0.05) is 5.69 Å². The van der Waals surface area contributed by atoms with Gasteiger partial charge >= 0.3 is 5.97 Å². The summed E-state index contributed by atoms with van der Waals surface area (Å²) in [5, 5.41) is 3.10. The Labute approximate surface area is 114 Å². The summed E-state index contributed by atoms with van der Waals surface area (Å²) in [4.78, 5) is 12.1. The summed E-state index contributed by atoms with van der Waals surface area (Å²) in [6, 6.07) is 6.09. The Morgan fingerprint density at radius 3 is 2.68 bits per heavy atom. The molecule has 0 radical (unpaired) electrons. The van der Waals surface area contributed by atoms with E-state index in [-0.39, 0.29) is 11.8 Å². The molecule has 1 atom stereocenters. The van der Waals surface area contributed by atoms with E-state index in [1.54, 1.807) is 26.0 Å². The number of carbonyl (C=O) groups excluding carboxylic acids is 1. The average molecular weight is 267 g/mol. The predicted molar refractivity (Wildman–Crippen MR) is 74.5 cm³/mol. The Bertz CT molecular complexity index is 434. The van der Waals surface area contributed by atoms with Gasteiger partial charge in [0.1, 0.15) is 11.4 Å². The second-order valence-corrected chi connectivity index (χ2v) is 5.29. The van der Waals surface area contributed by atoms with Gasteiger partial charge in [-0.05, 0) is 44.4 Å². The zero-order valence-electron chi connectivity index (χ0n) is 12.0. The quantitative estimate of drug-likeness (QED) is 0.800. The van der Waals surface area contributed by atoms with E-state index < -0.39 is 5.54 Å². The molecule has 1 rings (SSSR count). The molecule has 1 aromatic rings. The zero-order chi connectivity index (χ0) is 14.5. The van der Waals surface area contributed by atoms with E-state index in [0.717, 1.165) is 0 Å². The van der Waals surface area contributed by atoms with Gasteiger partial charge in [0.15, 0.2) is 0 Å². The highest BCUT2D eigenvalue weighted by atomic mass is 19.1. The lowest BCUT2D eigenvalue weighted by molar-refractivity contribution is -0.148. The second kappa shape index (κ2) is 6.55. The minimum absolute atomic E-state index is 0.312. The van der Waals surface area contributed by atoms with Crippen LogP contribution in [0.5, 0.6) is 0 Å². The van der Waals surface area contributed by atoms with Crippen molar-refractivity contribution < 1.29 is 13.9 Å². The Hall–Kier alpha value is -1.58. The van der Waals surface area contributed by atoms with E-state index in [9.17, 15) is 9.18 Å². The van der Waals surface area contributed by atoms with Gasteiger partial charge in [-0.3, -0.25) is 0 Å². The first-order valence-electron chi connectivity index (χ1n) is 6.58. The molecule has 0 fully saturated rings. The largest absolute Gasteiger partial charge is 0.464 e. The van der Waals surface area contributed by atoms with E-state index >= 15 is 0 Å². The summed E-state index contributed by atoms with van der Waals surface area (Å²) in [6.45, 7) is 7.96. The molecule has 4 heteroatoms. The lowest BCUT2D eigenvalue weighted by Crippen LogP contribution is -2.45. The van der Waals surface area contributed by atoms with Gasteiger partial charge in [-0.25, -0.2) is 9.18 Å². The van der Waals surface area contributed by atoms with Crippen molar-refractivity contribution in [3.63, 3.8) is 0 Å². The van der Waals surface area contributed by atoms with Crippen LogP contribution in [0.25, 0.3) is 0 Å². The van der Waals surface area contributed by atoms with Crippen LogP contribution in [0.4, 0.5) is 10.1 Å². The number of nitrogens with one attached hydrogen (secondary N) is 1. The number of carbonyl (C=O) groups is 1. The van der Waals surface area contributed by atoms with Crippen molar-refractivity contribution in [3.05, 3.63) is 30.1 Å². The Balaban J connectivity index is 2.93. The SMILES string of the molecule is CCOC(=O)C(C)(CC(C)C)Nc1cccc(F)c1. The van der Waals surface area contributed by atoms with Gasteiger partial charge in [-0.2, -0.15) is 0 Å². The number of rotatable bonds is 6. The maximum absolute atomic E-state index is 13.2. The Morgan fingerprint density at radius 1 is 1.47 bits per heavy atom. The number of ether oxygens (including phenoxy) is 1. The molecule has 0 spiro atoms. The fourth-order valence-electron chi connectivity index (χ4n) is 2.18. The van der Waals surface area contributed by atoms with Crippen molar-refractivity contribution in [2.75, 3.05) is 11.9 Å². The van der Waals surface area contributed by atoms with E-state index in [1.807, 2.05) is 13.8 Å². The van der Waals surface area contributed by atoms with E-state index in [2.05, 4.69) is 5.32 Å². The summed E-state index contributed by atoms with van der Waals surface area (Å²) >= 11 is 0. The second-order valence-electron chi connectivity index (χ2n) is 5.29. The fourth-order valence-corrected chi connectivity index (χ4v) is 2.18. The molecule has 0 aromatic heterocycles. The average Bonchev–Trinajstić information content (AvgIpc) is 2.27. The molecule has 0 bridgehead atoms. The first-order chi connectivity index (χ1) is 8.87. The molecular formula is C15H22FNO2. The van der Waals surface area contributed by atoms with Crippen LogP contribution in [0, 0.1) is 11.7 Å². The first kappa shape index (κ1) is 15.5. The molecule has 0 saturated carbocycles. The standard InChI is InChI=1S/C15H22FNO2/c1-5-19-14(18)15(4,10-11(2)3)17-13-8-6-7-12(16)9-13/h6-9,11,17H,5,10H2,1-4H3. The molecule has 1 aromatic carbocycles. The van der Waals surface area contributed by atoms with Crippen LogP contribution in [0.1, 0.15) is 34.1 Å². The van der Waals surface area contributed by atoms with Gasteiger partial charge in [0.25, 0.3) is 0 Å². The van der Waals surface area contributed by atoms with Gasteiger partial charge < -0.3 is 10.1 Å². The summed E-state index contributed by atoms with van der Waals surface area (Å²) in [6.07, 6.45) is 0.613. The lowest BCUT2D eigenvalue weighted by atomic mass is 9.90. The number of halogens is 1. The molecule has 0 saturated heterocycles. The molecule has 19 heavy (non-hydrogen) atoms. The molecule has 0 amide bonds. The topological polar surface area (TPSA) is 38.3 Å². The third-order valence-corrected chi connectivity index (χ3v) is 2.79. The summed E-state index contributed by atoms with van der Waals surface area (Å²) in [7, 11) is 0. The van der Waals surface area contributed by atoms with Gasteiger partial charge in [0.05, 0.1) is 6.61 Å². The smallest absolute Gasteiger partial charge is 0.331 e. The zero-order valence-corrected chi connectivity index (χ0v) is 12.0. The maximum Gasteiger partial charge on any atom is 0.331 e. The number of esters is 1. The first-order valence-corrected chi connectivity index (χ1v) is 6.58. The summed E-state index contributed by atoms with van der Waals surface area (Å²) in [5.41, 5.74) is -0.269. The highest BCUT2D eigenvalue weighted by Crippen LogP contribution is 2.24.